The van der Waals surface area contributed by atoms with Gasteiger partial charge in [0, 0.05) is 25.5 Å². The fraction of sp³-hybridized carbons (Fsp3) is 0.316. The Morgan fingerprint density at radius 2 is 2.12 bits per heavy atom. The summed E-state index contributed by atoms with van der Waals surface area (Å²) in [6.07, 6.45) is 2.13. The van der Waals surface area contributed by atoms with Gasteiger partial charge in [-0.25, -0.2) is 4.98 Å². The van der Waals surface area contributed by atoms with E-state index in [1.165, 1.54) is 0 Å². The number of rotatable bonds is 3. The average molecular weight is 352 g/mol. The van der Waals surface area contributed by atoms with Gasteiger partial charge >= 0.3 is 0 Å². The number of hydrogen-bond acceptors (Lipinski definition) is 5. The van der Waals surface area contributed by atoms with Crippen LogP contribution in [0.2, 0.25) is 0 Å². The third-order valence-corrected chi connectivity index (χ3v) is 4.81. The van der Waals surface area contributed by atoms with Crippen molar-refractivity contribution in [2.45, 2.75) is 12.6 Å². The first-order chi connectivity index (χ1) is 12.6. The van der Waals surface area contributed by atoms with Crippen molar-refractivity contribution in [2.75, 3.05) is 30.5 Å². The molecule has 7 nitrogen and oxygen atoms in total. The van der Waals surface area contributed by atoms with E-state index in [1.807, 2.05) is 36.2 Å². The minimum atomic E-state index is -0.308. The zero-order chi connectivity index (χ0) is 18.1. The molecule has 1 aromatic carbocycles. The van der Waals surface area contributed by atoms with Gasteiger partial charge in [-0.15, -0.1) is 0 Å². The second kappa shape index (κ2) is 6.76. The molecular formula is C19H20N4O3. The number of benzene rings is 1. The van der Waals surface area contributed by atoms with Crippen molar-refractivity contribution >= 4 is 23.3 Å². The summed E-state index contributed by atoms with van der Waals surface area (Å²) in [5.41, 5.74) is 2.21. The van der Waals surface area contributed by atoms with E-state index in [4.69, 9.17) is 4.74 Å². The van der Waals surface area contributed by atoms with Gasteiger partial charge in [0.1, 0.15) is 12.0 Å². The number of pyridine rings is 1. The van der Waals surface area contributed by atoms with Gasteiger partial charge in [-0.3, -0.25) is 9.59 Å². The molecule has 0 bridgehead atoms. The summed E-state index contributed by atoms with van der Waals surface area (Å²) in [4.78, 5) is 30.8. The third-order valence-electron chi connectivity index (χ3n) is 4.81. The topological polar surface area (TPSA) is 83.6 Å². The van der Waals surface area contributed by atoms with E-state index in [0.29, 0.717) is 24.6 Å². The predicted octanol–water partition coefficient (Wildman–Crippen LogP) is 1.93. The molecule has 2 aliphatic rings. The Bertz CT molecular complexity index is 831. The first kappa shape index (κ1) is 16.5. The Labute approximate surface area is 151 Å². The third kappa shape index (κ3) is 3.01. The molecule has 2 atom stereocenters. The standard InChI is InChI=1S/C19H20N4O3/c1-23-16(22-19(25)15-3-2-9-20-17(15)23)12-4-6-14(7-5-12)21-18(24)13-8-10-26-11-13/h2-7,9,13,16H,8,10-11H2,1H3,(H,21,24)(H,22,25)/t13-,16+/m0/s1. The summed E-state index contributed by atoms with van der Waals surface area (Å²) >= 11 is 0. The van der Waals surface area contributed by atoms with E-state index in [2.05, 4.69) is 15.6 Å². The van der Waals surface area contributed by atoms with Gasteiger partial charge in [0.25, 0.3) is 5.91 Å². The molecule has 0 saturated carbocycles. The number of aromatic nitrogens is 1. The lowest BCUT2D eigenvalue weighted by Crippen LogP contribution is -2.45. The van der Waals surface area contributed by atoms with Crippen LogP contribution in [0.5, 0.6) is 0 Å². The van der Waals surface area contributed by atoms with Crippen LogP contribution in [0.25, 0.3) is 0 Å². The van der Waals surface area contributed by atoms with Gasteiger partial charge in [-0.05, 0) is 36.2 Å². The van der Waals surface area contributed by atoms with Crippen molar-refractivity contribution in [3.8, 4) is 0 Å². The van der Waals surface area contributed by atoms with Crippen molar-refractivity contribution in [1.29, 1.82) is 0 Å². The summed E-state index contributed by atoms with van der Waals surface area (Å²) in [6, 6.07) is 11.0. The van der Waals surface area contributed by atoms with Crippen LogP contribution in [0.3, 0.4) is 0 Å². The maximum absolute atomic E-state index is 12.3. The maximum atomic E-state index is 12.3. The lowest BCUT2D eigenvalue weighted by molar-refractivity contribution is -0.119. The Hall–Kier alpha value is -2.93. The minimum Gasteiger partial charge on any atom is -0.381 e. The van der Waals surface area contributed by atoms with E-state index in [9.17, 15) is 9.59 Å². The summed E-state index contributed by atoms with van der Waals surface area (Å²) in [7, 11) is 1.89. The normalized spacial score (nSPS) is 21.9. The van der Waals surface area contributed by atoms with Gasteiger partial charge in [0.15, 0.2) is 0 Å². The molecule has 2 aliphatic heterocycles. The van der Waals surface area contributed by atoms with Crippen molar-refractivity contribution in [3.05, 3.63) is 53.7 Å². The zero-order valence-corrected chi connectivity index (χ0v) is 14.4. The number of hydrogen-bond donors (Lipinski definition) is 2. The molecule has 7 heteroatoms. The SMILES string of the molecule is CN1c2ncccc2C(=O)N[C@H]1c1ccc(NC(=O)[C@H]2CCOC2)cc1. The zero-order valence-electron chi connectivity index (χ0n) is 14.4. The fourth-order valence-corrected chi connectivity index (χ4v) is 3.32. The number of carbonyl (C=O) groups excluding carboxylic acids is 2. The number of nitrogens with one attached hydrogen (secondary N) is 2. The highest BCUT2D eigenvalue weighted by molar-refractivity contribution is 6.01. The van der Waals surface area contributed by atoms with Crippen molar-refractivity contribution < 1.29 is 14.3 Å². The molecule has 4 rings (SSSR count). The number of nitrogens with zero attached hydrogens (tertiary/aromatic N) is 2. The molecule has 0 radical (unpaired) electrons. The largest absolute Gasteiger partial charge is 0.381 e. The Balaban J connectivity index is 1.50. The van der Waals surface area contributed by atoms with Crippen LogP contribution in [0.15, 0.2) is 42.6 Å². The second-order valence-corrected chi connectivity index (χ2v) is 6.53. The van der Waals surface area contributed by atoms with E-state index < -0.39 is 0 Å². The molecule has 2 aromatic rings. The van der Waals surface area contributed by atoms with Crippen LogP contribution in [-0.2, 0) is 9.53 Å². The van der Waals surface area contributed by atoms with Gasteiger partial charge in [0.05, 0.1) is 18.1 Å². The van der Waals surface area contributed by atoms with E-state index in [-0.39, 0.29) is 23.9 Å². The molecule has 1 aromatic heterocycles. The van der Waals surface area contributed by atoms with Crippen LogP contribution in [0, 0.1) is 5.92 Å². The highest BCUT2D eigenvalue weighted by atomic mass is 16.5. The smallest absolute Gasteiger partial charge is 0.256 e. The molecule has 26 heavy (non-hydrogen) atoms. The fourth-order valence-electron chi connectivity index (χ4n) is 3.32. The molecule has 134 valence electrons. The molecule has 1 saturated heterocycles. The highest BCUT2D eigenvalue weighted by Gasteiger charge is 2.30. The second-order valence-electron chi connectivity index (χ2n) is 6.53. The summed E-state index contributed by atoms with van der Waals surface area (Å²) < 4.78 is 5.25. The molecule has 1 fully saturated rings. The lowest BCUT2D eigenvalue weighted by atomic mass is 10.1. The number of anilines is 2. The van der Waals surface area contributed by atoms with Crippen LogP contribution in [0.1, 0.15) is 28.5 Å². The van der Waals surface area contributed by atoms with Gasteiger partial charge in [-0.2, -0.15) is 0 Å². The van der Waals surface area contributed by atoms with Crippen molar-refractivity contribution in [3.63, 3.8) is 0 Å². The monoisotopic (exact) mass is 352 g/mol. The van der Waals surface area contributed by atoms with E-state index in [0.717, 1.165) is 17.7 Å². The summed E-state index contributed by atoms with van der Waals surface area (Å²) in [5.74, 6) is 0.409. The van der Waals surface area contributed by atoms with Gasteiger partial charge < -0.3 is 20.3 Å². The Morgan fingerprint density at radius 1 is 1.31 bits per heavy atom. The number of amides is 2. The van der Waals surface area contributed by atoms with Crippen LogP contribution >= 0.6 is 0 Å². The quantitative estimate of drug-likeness (QED) is 0.882. The minimum absolute atomic E-state index is 0.0172. The average Bonchev–Trinajstić information content (AvgIpc) is 3.20. The molecule has 2 amide bonds. The first-order valence-electron chi connectivity index (χ1n) is 8.61. The summed E-state index contributed by atoms with van der Waals surface area (Å²) in [6.45, 7) is 1.12. The molecule has 0 spiro atoms. The molecule has 3 heterocycles. The lowest BCUT2D eigenvalue weighted by Gasteiger charge is -2.35. The van der Waals surface area contributed by atoms with Gasteiger partial charge in [-0.1, -0.05) is 12.1 Å². The first-order valence-corrected chi connectivity index (χ1v) is 8.61. The Morgan fingerprint density at radius 3 is 2.85 bits per heavy atom. The van der Waals surface area contributed by atoms with Gasteiger partial charge in [0.2, 0.25) is 5.91 Å². The van der Waals surface area contributed by atoms with E-state index >= 15 is 0 Å². The van der Waals surface area contributed by atoms with Crippen molar-refractivity contribution in [1.82, 2.24) is 10.3 Å². The highest BCUT2D eigenvalue weighted by Crippen LogP contribution is 2.30. The predicted molar refractivity (Wildman–Crippen MR) is 96.8 cm³/mol. The molecular weight excluding hydrogens is 332 g/mol. The Kier molecular flexibility index (Phi) is 4.30. The molecule has 2 N–H and O–H groups in total. The summed E-state index contributed by atoms with van der Waals surface area (Å²) in [5, 5.41) is 5.90. The number of ether oxygens (including phenoxy) is 1. The van der Waals surface area contributed by atoms with Crippen LogP contribution in [-0.4, -0.2) is 37.1 Å². The number of carbonyl (C=O) groups is 2. The van der Waals surface area contributed by atoms with Crippen LogP contribution < -0.4 is 15.5 Å². The number of fused-ring (bicyclic) bond motifs is 1. The van der Waals surface area contributed by atoms with Crippen molar-refractivity contribution in [2.24, 2.45) is 5.92 Å². The van der Waals surface area contributed by atoms with E-state index in [1.54, 1.807) is 18.3 Å². The molecule has 0 aliphatic carbocycles. The van der Waals surface area contributed by atoms with Crippen LogP contribution in [0.4, 0.5) is 11.5 Å². The maximum Gasteiger partial charge on any atom is 0.256 e. The molecule has 0 unspecified atom stereocenters.